The molecule has 106 heavy (non-hydrogen) atoms. The van der Waals surface area contributed by atoms with Gasteiger partial charge in [0.1, 0.15) is 66.2 Å². The molecule has 12 atom stereocenters. The average molecular weight is 1490 g/mol. The molecule has 14 amide bonds. The maximum atomic E-state index is 15.0. The van der Waals surface area contributed by atoms with Crippen molar-refractivity contribution in [2.45, 2.75) is 179 Å². The molecule has 0 radical (unpaired) electrons. The highest BCUT2D eigenvalue weighted by Crippen LogP contribution is 2.39. The molecule has 0 aliphatic carbocycles. The molecule has 2 aliphatic heterocycles. The number of hydrogen-bond donors (Lipinski definition) is 20. The van der Waals surface area contributed by atoms with Gasteiger partial charge < -0.3 is 113 Å². The van der Waals surface area contributed by atoms with Crippen LogP contribution in [-0.2, 0) is 59.2 Å². The molecule has 3 aromatic rings. The van der Waals surface area contributed by atoms with Crippen molar-refractivity contribution in [3.8, 4) is 0 Å². The molecule has 1 unspecified atom stereocenters. The quantitative estimate of drug-likeness (QED) is 0.0280. The first-order valence-corrected chi connectivity index (χ1v) is 35.6. The number of aromatic nitrogens is 1. The number of aromatic amines is 1. The number of nitrogens with zero attached hydrogens (tertiary/aromatic N) is 2. The summed E-state index contributed by atoms with van der Waals surface area (Å²) in [4.78, 5) is 191. The number of likely N-dealkylation sites (N-methyl/N-ethyl adjacent to an activating group) is 1. The molecule has 2 aliphatic rings. The Kier molecular flexibility index (Phi) is 34.7. The Balaban J connectivity index is 1.44. The largest absolute Gasteiger partial charge is 0.391 e. The van der Waals surface area contributed by atoms with Crippen LogP contribution in [0.15, 0.2) is 48.5 Å². The minimum absolute atomic E-state index is 0.00929. The summed E-state index contributed by atoms with van der Waals surface area (Å²) in [6.45, 7) is 14.0. The van der Waals surface area contributed by atoms with Crippen LogP contribution in [0.2, 0.25) is 0 Å². The van der Waals surface area contributed by atoms with E-state index in [1.54, 1.807) is 58.0 Å². The van der Waals surface area contributed by atoms with Gasteiger partial charge in [0.25, 0.3) is 11.8 Å². The van der Waals surface area contributed by atoms with Crippen LogP contribution < -0.4 is 97.4 Å². The first kappa shape index (κ1) is 86.8. The van der Waals surface area contributed by atoms with Gasteiger partial charge in [-0.2, -0.15) is 0 Å². The molecule has 1 saturated heterocycles. The number of halogens is 1. The van der Waals surface area contributed by atoms with Crippen LogP contribution in [0.5, 0.6) is 0 Å². The van der Waals surface area contributed by atoms with E-state index in [0.29, 0.717) is 46.1 Å². The van der Waals surface area contributed by atoms with E-state index in [9.17, 15) is 72.5 Å². The number of aliphatic hydroxyl groups excluding tert-OH is 2. The van der Waals surface area contributed by atoms with Gasteiger partial charge in [0.15, 0.2) is 0 Å². The Labute approximate surface area is 614 Å². The van der Waals surface area contributed by atoms with Crippen molar-refractivity contribution in [1.82, 2.24) is 73.7 Å². The number of carbonyl (C=O) groups is 13. The average Bonchev–Trinajstić information content (AvgIpc) is 1.60. The molecule has 1 fully saturated rings. The third kappa shape index (κ3) is 24.6. The lowest BCUT2D eigenvalue weighted by molar-refractivity contribution is -0.136. The second-order valence-corrected chi connectivity index (χ2v) is 26.5. The molecule has 5 rings (SSSR count). The summed E-state index contributed by atoms with van der Waals surface area (Å²) in [5, 5.41) is 52.6. The SMILES string of the molecule is CCN(CC)CCNC(=O)c1c(C)[nH]c(/C=C2\C(=O)N(C(=O)N[C@H](CCN)C(=O)N[C@@H](C(=O)N[C@@H](CCN)C(=O)N[C@@H]3CCNC(=O)[C@H]([C@H](C)O)NC(=O)[C@H](CCN)NC(=O)[C@H](CCN)NC(=O)[C@H](CC(C)C)NC(=O)[C@H](Cc4ccccc4)NC(=O)[C@H](CCN)NC3=O)C(C)O)c3ccc(F)cc32)c1C. The molecular weight excluding hydrogens is 1380 g/mol. The normalized spacial score (nSPS) is 21.4. The predicted molar refractivity (Wildman–Crippen MR) is 391 cm³/mol. The first-order valence-electron chi connectivity index (χ1n) is 35.6. The van der Waals surface area contributed by atoms with Crippen molar-refractivity contribution in [3.05, 3.63) is 88.0 Å². The van der Waals surface area contributed by atoms with Crippen LogP contribution in [0.3, 0.4) is 0 Å². The number of nitrogens with one attached hydrogen (secondary N) is 13. The van der Waals surface area contributed by atoms with Crippen LogP contribution in [0.1, 0.15) is 125 Å². The van der Waals surface area contributed by atoms with Gasteiger partial charge in [0.2, 0.25) is 59.1 Å². The number of nitrogens with two attached hydrogens (primary N) is 5. The number of aryl methyl sites for hydroxylation is 1. The van der Waals surface area contributed by atoms with Crippen molar-refractivity contribution in [2.24, 2.45) is 34.6 Å². The maximum absolute atomic E-state index is 15.0. The Morgan fingerprint density at radius 2 is 1.19 bits per heavy atom. The molecule has 584 valence electrons. The van der Waals surface area contributed by atoms with E-state index in [1.807, 2.05) is 13.8 Å². The Morgan fingerprint density at radius 1 is 0.651 bits per heavy atom. The lowest BCUT2D eigenvalue weighted by atomic mass is 10.00. The van der Waals surface area contributed by atoms with Crippen LogP contribution in [0, 0.1) is 25.6 Å². The topological polar surface area (TPSA) is 559 Å². The van der Waals surface area contributed by atoms with Crippen molar-refractivity contribution < 1.29 is 76.9 Å². The van der Waals surface area contributed by atoms with Crippen LogP contribution >= 0.6 is 0 Å². The minimum Gasteiger partial charge on any atom is -0.391 e. The molecule has 35 nitrogen and oxygen atoms in total. The number of imide groups is 1. The van der Waals surface area contributed by atoms with Gasteiger partial charge in [-0.3, -0.25) is 57.5 Å². The monoisotopic (exact) mass is 1490 g/mol. The van der Waals surface area contributed by atoms with Gasteiger partial charge in [-0.1, -0.05) is 58.0 Å². The molecule has 3 heterocycles. The highest BCUT2D eigenvalue weighted by atomic mass is 19.1. The van der Waals surface area contributed by atoms with Gasteiger partial charge >= 0.3 is 6.03 Å². The second-order valence-electron chi connectivity index (χ2n) is 26.5. The van der Waals surface area contributed by atoms with Gasteiger partial charge in [0.05, 0.1) is 29.0 Å². The lowest BCUT2D eigenvalue weighted by Gasteiger charge is -2.29. The summed E-state index contributed by atoms with van der Waals surface area (Å²) in [6.07, 6.45) is -4.04. The fourth-order valence-corrected chi connectivity index (χ4v) is 12.0. The van der Waals surface area contributed by atoms with Crippen LogP contribution in [-0.4, -0.2) is 235 Å². The van der Waals surface area contributed by atoms with Crippen molar-refractivity contribution in [1.29, 1.82) is 0 Å². The molecule has 0 spiro atoms. The Bertz CT molecular complexity index is 3610. The second kappa shape index (κ2) is 42.4. The molecule has 36 heteroatoms. The first-order chi connectivity index (χ1) is 50.4. The zero-order valence-corrected chi connectivity index (χ0v) is 61.3. The number of aliphatic hydroxyl groups is 2. The number of amides is 14. The number of carbonyl (C=O) groups excluding carboxylic acids is 13. The van der Waals surface area contributed by atoms with E-state index in [-0.39, 0.29) is 106 Å². The fourth-order valence-electron chi connectivity index (χ4n) is 12.0. The number of H-pyrrole nitrogens is 1. The van der Waals surface area contributed by atoms with Gasteiger partial charge in [-0.05, 0) is 160 Å². The van der Waals surface area contributed by atoms with E-state index in [0.717, 1.165) is 32.1 Å². The summed E-state index contributed by atoms with van der Waals surface area (Å²) in [7, 11) is 0. The highest BCUT2D eigenvalue weighted by molar-refractivity contribution is 6.42. The molecule has 1 aromatic heterocycles. The van der Waals surface area contributed by atoms with Crippen molar-refractivity contribution in [2.75, 3.05) is 70.3 Å². The number of rotatable bonds is 30. The fraction of sp³-hybridized carbons (Fsp3) is 0.557. The number of hydrogen-bond acceptors (Lipinski definition) is 21. The number of urea groups is 1. The number of fused-ring (bicyclic) bond motifs is 1. The Hall–Kier alpha value is -9.82. The summed E-state index contributed by atoms with van der Waals surface area (Å²) in [5.74, 6) is -12.5. The van der Waals surface area contributed by atoms with E-state index in [4.69, 9.17) is 28.7 Å². The summed E-state index contributed by atoms with van der Waals surface area (Å²) in [5.41, 5.74) is 31.5. The van der Waals surface area contributed by atoms with Crippen molar-refractivity contribution in [3.63, 3.8) is 0 Å². The molecule has 2 aromatic carbocycles. The summed E-state index contributed by atoms with van der Waals surface area (Å²) in [6, 6.07) is -5.49. The van der Waals surface area contributed by atoms with Gasteiger partial charge in [0, 0.05) is 43.0 Å². The number of anilines is 1. The predicted octanol–water partition coefficient (Wildman–Crippen LogP) is -4.51. The third-order valence-corrected chi connectivity index (χ3v) is 17.9. The zero-order valence-electron chi connectivity index (χ0n) is 61.3. The van der Waals surface area contributed by atoms with E-state index < -0.39 is 162 Å². The molecule has 0 bridgehead atoms. The van der Waals surface area contributed by atoms with E-state index in [1.165, 1.54) is 19.1 Å². The lowest BCUT2D eigenvalue weighted by Crippen LogP contribution is -2.62. The zero-order chi connectivity index (χ0) is 78.6. The van der Waals surface area contributed by atoms with E-state index in [2.05, 4.69) is 73.7 Å². The van der Waals surface area contributed by atoms with Crippen LogP contribution in [0.25, 0.3) is 11.6 Å². The smallest absolute Gasteiger partial charge is 0.329 e. The molecule has 25 N–H and O–H groups in total. The van der Waals surface area contributed by atoms with Crippen molar-refractivity contribution >= 4 is 94.3 Å². The maximum Gasteiger partial charge on any atom is 0.329 e. The standard InChI is InChI=1S/C70H107FN20O15/c1-9-90(10-2)31-30-78-66(102)55-37(5)51(79-38(55)6)35-44-43-34-42(71)16-17-54(43)91(69(44)105)70(106)87-49(22-28-76)63(99)89-57(40(8)93)68(104)84-47(20-26-74)59(95)83-50-23-29-77-67(103)56(39(7)92)88-62(98)48(21-27-75)81-58(94)45(18-24-72)82-64(100)52(32-36(3)4)85-65(101)53(33-41-14-12-11-13-15-41)86-60(96)46(19-25-73)80-61(50)97/h11-17,34-36,39-40,45-50,52-53,56-57,79,92-93H,9-10,18-33,72-76H2,1-8H3,(H,77,103)(H,78,102)(H,80,97)(H,81,94)(H,82,100)(H,83,95)(H,84,104)(H,85,101)(H,86,96)(H,87,106)(H,88,98)(H,89,99)/b44-35-/t39-,40?,45-,46-,47-,48-,49+,50+,52-,53-,56-,57+/m0/s1. The summed E-state index contributed by atoms with van der Waals surface area (Å²) >= 11 is 0. The van der Waals surface area contributed by atoms with E-state index >= 15 is 4.39 Å². The molecule has 0 saturated carbocycles. The highest BCUT2D eigenvalue weighted by Gasteiger charge is 2.42. The van der Waals surface area contributed by atoms with Gasteiger partial charge in [-0.15, -0.1) is 0 Å². The third-order valence-electron chi connectivity index (χ3n) is 17.9. The van der Waals surface area contributed by atoms with Gasteiger partial charge in [-0.25, -0.2) is 14.1 Å². The summed E-state index contributed by atoms with van der Waals surface area (Å²) < 4.78 is 15.0. The van der Waals surface area contributed by atoms with Crippen LogP contribution in [0.4, 0.5) is 14.9 Å². The Morgan fingerprint density at radius 3 is 1.74 bits per heavy atom. The molecular formula is C70H107FN20O15. The number of benzene rings is 2. The minimum atomic E-state index is -1.92.